The minimum atomic E-state index is 0.407. The first-order chi connectivity index (χ1) is 12.0. The van der Waals surface area contributed by atoms with Crippen LogP contribution in [0.3, 0.4) is 0 Å². The molecule has 2 unspecified atom stereocenters. The van der Waals surface area contributed by atoms with Crippen molar-refractivity contribution in [3.63, 3.8) is 0 Å². The average Bonchev–Trinajstić information content (AvgIpc) is 3.38. The van der Waals surface area contributed by atoms with Gasteiger partial charge < -0.3 is 14.4 Å². The number of piperazine rings is 1. The molecule has 4 nitrogen and oxygen atoms in total. The molecular weight excluding hydrogens is 312 g/mol. The largest absolute Gasteiger partial charge is 0.493 e. The zero-order chi connectivity index (χ0) is 17.6. The van der Waals surface area contributed by atoms with Gasteiger partial charge in [-0.25, -0.2) is 0 Å². The standard InChI is InChI=1S/C21H32N2O2/c1-14(2)9-16-12-23-8-7-15-10-21(25-17-5-6-17)20(24-4)11-18(15)19(23)13-22(16)3/h10-11,14,16-17,19H,5-9,12-13H2,1-4H3. The number of ether oxygens (including phenoxy) is 2. The van der Waals surface area contributed by atoms with Crippen LogP contribution in [-0.4, -0.2) is 55.7 Å². The van der Waals surface area contributed by atoms with Crippen molar-refractivity contribution in [3.05, 3.63) is 23.3 Å². The van der Waals surface area contributed by atoms with E-state index in [0.29, 0.717) is 18.2 Å². The second-order valence-electron chi connectivity index (χ2n) is 8.50. The summed E-state index contributed by atoms with van der Waals surface area (Å²) in [5.41, 5.74) is 2.90. The van der Waals surface area contributed by atoms with E-state index in [2.05, 4.69) is 42.8 Å². The fourth-order valence-electron chi connectivity index (χ4n) is 4.44. The van der Waals surface area contributed by atoms with Crippen molar-refractivity contribution in [1.82, 2.24) is 9.80 Å². The van der Waals surface area contributed by atoms with Crippen molar-refractivity contribution >= 4 is 0 Å². The number of methoxy groups -OCH3 is 1. The molecule has 1 aromatic rings. The fraction of sp³-hybridized carbons (Fsp3) is 0.714. The van der Waals surface area contributed by atoms with Gasteiger partial charge in [-0.05, 0) is 61.9 Å². The SMILES string of the molecule is COc1cc2c(cc1OC1CC1)CCN1CC(CC(C)C)N(C)CC21. The topological polar surface area (TPSA) is 24.9 Å². The van der Waals surface area contributed by atoms with E-state index in [9.17, 15) is 0 Å². The summed E-state index contributed by atoms with van der Waals surface area (Å²) in [6.45, 7) is 8.11. The lowest BCUT2D eigenvalue weighted by Crippen LogP contribution is -2.55. The highest BCUT2D eigenvalue weighted by atomic mass is 16.5. The molecule has 0 spiro atoms. The van der Waals surface area contributed by atoms with Crippen molar-refractivity contribution in [3.8, 4) is 11.5 Å². The third kappa shape index (κ3) is 3.52. The predicted octanol–water partition coefficient (Wildman–Crippen LogP) is 3.50. The lowest BCUT2D eigenvalue weighted by Gasteiger charge is -2.48. The summed E-state index contributed by atoms with van der Waals surface area (Å²) in [5.74, 6) is 2.60. The fourth-order valence-corrected chi connectivity index (χ4v) is 4.44. The van der Waals surface area contributed by atoms with Gasteiger partial charge in [0.15, 0.2) is 11.5 Å². The van der Waals surface area contributed by atoms with E-state index in [1.807, 2.05) is 0 Å². The van der Waals surface area contributed by atoms with E-state index in [1.54, 1.807) is 7.11 Å². The first-order valence-corrected chi connectivity index (χ1v) is 9.87. The van der Waals surface area contributed by atoms with E-state index >= 15 is 0 Å². The van der Waals surface area contributed by atoms with Gasteiger partial charge in [-0.2, -0.15) is 0 Å². The summed E-state index contributed by atoms with van der Waals surface area (Å²) in [6.07, 6.45) is 5.17. The molecule has 138 valence electrons. The van der Waals surface area contributed by atoms with Gasteiger partial charge in [0.05, 0.1) is 13.2 Å². The van der Waals surface area contributed by atoms with Gasteiger partial charge in [0.1, 0.15) is 0 Å². The van der Waals surface area contributed by atoms with Crippen LogP contribution in [0.1, 0.15) is 50.3 Å². The molecule has 1 saturated heterocycles. The van der Waals surface area contributed by atoms with Gasteiger partial charge in [0, 0.05) is 31.7 Å². The number of hydrogen-bond acceptors (Lipinski definition) is 4. The number of rotatable bonds is 5. The Morgan fingerprint density at radius 2 is 1.96 bits per heavy atom. The second kappa shape index (κ2) is 6.81. The number of likely N-dealkylation sites (N-methyl/N-ethyl adjacent to an activating group) is 1. The third-order valence-electron chi connectivity index (χ3n) is 5.98. The van der Waals surface area contributed by atoms with Crippen molar-refractivity contribution in [2.24, 2.45) is 5.92 Å². The first-order valence-electron chi connectivity index (χ1n) is 9.87. The Morgan fingerprint density at radius 1 is 1.16 bits per heavy atom. The van der Waals surface area contributed by atoms with Crippen molar-refractivity contribution < 1.29 is 9.47 Å². The van der Waals surface area contributed by atoms with Gasteiger partial charge in [-0.3, -0.25) is 4.90 Å². The van der Waals surface area contributed by atoms with Crippen molar-refractivity contribution in [2.75, 3.05) is 33.8 Å². The Hall–Kier alpha value is -1.26. The number of nitrogens with zero attached hydrogens (tertiary/aromatic N) is 2. The summed E-state index contributed by atoms with van der Waals surface area (Å²) >= 11 is 0. The number of fused-ring (bicyclic) bond motifs is 3. The molecule has 0 aromatic heterocycles. The van der Waals surface area contributed by atoms with Crippen LogP contribution in [0, 0.1) is 5.92 Å². The average molecular weight is 344 g/mol. The van der Waals surface area contributed by atoms with E-state index in [-0.39, 0.29) is 0 Å². The van der Waals surface area contributed by atoms with Crippen LogP contribution < -0.4 is 9.47 Å². The highest BCUT2D eigenvalue weighted by molar-refractivity contribution is 5.50. The normalized spacial score (nSPS) is 27.1. The minimum Gasteiger partial charge on any atom is -0.493 e. The van der Waals surface area contributed by atoms with Crippen molar-refractivity contribution in [2.45, 2.75) is 57.7 Å². The zero-order valence-corrected chi connectivity index (χ0v) is 16.1. The molecule has 4 rings (SSSR count). The Labute approximate surface area is 152 Å². The van der Waals surface area contributed by atoms with Gasteiger partial charge in [0.2, 0.25) is 0 Å². The molecule has 1 aliphatic carbocycles. The molecule has 0 N–H and O–H groups in total. The smallest absolute Gasteiger partial charge is 0.161 e. The van der Waals surface area contributed by atoms with E-state index in [1.165, 1.54) is 36.9 Å². The molecule has 3 aliphatic rings. The summed E-state index contributed by atoms with van der Waals surface area (Å²) in [5, 5.41) is 0. The van der Waals surface area contributed by atoms with Crippen molar-refractivity contribution in [1.29, 1.82) is 0 Å². The second-order valence-corrected chi connectivity index (χ2v) is 8.50. The number of benzene rings is 1. The van der Waals surface area contributed by atoms with Gasteiger partial charge in [-0.15, -0.1) is 0 Å². The van der Waals surface area contributed by atoms with Crippen LogP contribution in [0.15, 0.2) is 12.1 Å². The molecule has 2 aliphatic heterocycles. The van der Waals surface area contributed by atoms with Gasteiger partial charge >= 0.3 is 0 Å². The molecule has 4 heteroatoms. The summed E-state index contributed by atoms with van der Waals surface area (Å²) in [7, 11) is 4.05. The molecular formula is C21H32N2O2. The molecule has 1 aromatic carbocycles. The Bertz CT molecular complexity index is 627. The Morgan fingerprint density at radius 3 is 2.64 bits per heavy atom. The molecule has 0 amide bonds. The monoisotopic (exact) mass is 344 g/mol. The molecule has 2 atom stereocenters. The molecule has 0 bridgehead atoms. The Balaban J connectivity index is 1.58. The molecule has 25 heavy (non-hydrogen) atoms. The quantitative estimate of drug-likeness (QED) is 0.816. The minimum absolute atomic E-state index is 0.407. The summed E-state index contributed by atoms with van der Waals surface area (Å²) in [4.78, 5) is 5.26. The van der Waals surface area contributed by atoms with Gasteiger partial charge in [-0.1, -0.05) is 13.8 Å². The lowest BCUT2D eigenvalue weighted by molar-refractivity contribution is 0.0294. The third-order valence-corrected chi connectivity index (χ3v) is 5.98. The van der Waals surface area contributed by atoms with Gasteiger partial charge in [0.25, 0.3) is 0 Å². The van der Waals surface area contributed by atoms with E-state index in [4.69, 9.17) is 9.47 Å². The molecule has 0 radical (unpaired) electrons. The maximum atomic E-state index is 6.08. The summed E-state index contributed by atoms with van der Waals surface area (Å²) in [6, 6.07) is 5.67. The van der Waals surface area contributed by atoms with Crippen LogP contribution in [0.4, 0.5) is 0 Å². The van der Waals surface area contributed by atoms with Crippen LogP contribution in [-0.2, 0) is 6.42 Å². The van der Waals surface area contributed by atoms with Crippen LogP contribution in [0.25, 0.3) is 0 Å². The maximum absolute atomic E-state index is 6.08. The Kier molecular flexibility index (Phi) is 4.67. The molecule has 1 saturated carbocycles. The molecule has 2 fully saturated rings. The highest BCUT2D eigenvalue weighted by Gasteiger charge is 2.37. The first kappa shape index (κ1) is 17.2. The van der Waals surface area contributed by atoms with Crippen LogP contribution in [0.2, 0.25) is 0 Å². The van der Waals surface area contributed by atoms with Crippen LogP contribution >= 0.6 is 0 Å². The van der Waals surface area contributed by atoms with E-state index in [0.717, 1.165) is 36.9 Å². The van der Waals surface area contributed by atoms with E-state index < -0.39 is 0 Å². The predicted molar refractivity (Wildman–Crippen MR) is 101 cm³/mol. The summed E-state index contributed by atoms with van der Waals surface area (Å²) < 4.78 is 11.7. The maximum Gasteiger partial charge on any atom is 0.161 e. The van der Waals surface area contributed by atoms with Crippen LogP contribution in [0.5, 0.6) is 11.5 Å². The highest BCUT2D eigenvalue weighted by Crippen LogP contribution is 2.42. The molecule has 2 heterocycles. The zero-order valence-electron chi connectivity index (χ0n) is 16.1. The number of hydrogen-bond donors (Lipinski definition) is 0. The lowest BCUT2D eigenvalue weighted by atomic mass is 9.88.